The third-order valence-corrected chi connectivity index (χ3v) is 5.90. The maximum Gasteiger partial charge on any atom is 0.200 e. The predicted molar refractivity (Wildman–Crippen MR) is 123 cm³/mol. The highest BCUT2D eigenvalue weighted by Gasteiger charge is 2.22. The van der Waals surface area contributed by atoms with Gasteiger partial charge in [-0.15, -0.1) is 0 Å². The molecule has 1 N–H and O–H groups in total. The summed E-state index contributed by atoms with van der Waals surface area (Å²) in [5.41, 5.74) is 5.43. The highest BCUT2D eigenvalue weighted by Crippen LogP contribution is 2.25. The summed E-state index contributed by atoms with van der Waals surface area (Å²) in [4.78, 5) is 0. The molecule has 3 aromatic heterocycles. The van der Waals surface area contributed by atoms with Crippen LogP contribution in [-0.4, -0.2) is 34.3 Å². The van der Waals surface area contributed by atoms with Crippen molar-refractivity contribution in [3.63, 3.8) is 0 Å². The first kappa shape index (κ1) is 20.7. The average molecular weight is 486 g/mol. The van der Waals surface area contributed by atoms with E-state index in [2.05, 4.69) is 76.3 Å². The Balaban J connectivity index is 1.69. The molecule has 0 spiro atoms. The number of nitrogens with zero attached hydrogens (tertiary/aromatic N) is 6. The molecule has 0 fully saturated rings. The van der Waals surface area contributed by atoms with Crippen molar-refractivity contribution in [2.75, 3.05) is 0 Å². The number of H-pyrrole nitrogens is 1. The number of aromatic amines is 1. The van der Waals surface area contributed by atoms with Crippen LogP contribution in [0.15, 0.2) is 41.1 Å². The van der Waals surface area contributed by atoms with E-state index in [1.807, 2.05) is 27.1 Å². The molecular weight excluding hydrogens is 462 g/mol. The van der Waals surface area contributed by atoms with Crippen molar-refractivity contribution in [2.24, 2.45) is 0 Å². The normalized spacial score (nSPS) is 12.4. The predicted octanol–water partition coefficient (Wildman–Crippen LogP) is 4.86. The van der Waals surface area contributed by atoms with Crippen molar-refractivity contribution in [3.8, 4) is 5.69 Å². The minimum Gasteiger partial charge on any atom is -0.271 e. The fraction of sp³-hybridized carbons (Fsp3) is 0.333. The Hall–Kier alpha value is -2.52. The van der Waals surface area contributed by atoms with Gasteiger partial charge in [0.2, 0.25) is 0 Å². The minimum absolute atomic E-state index is 0.101. The molecule has 0 radical (unpaired) electrons. The lowest BCUT2D eigenvalue weighted by molar-refractivity contribution is 0.517. The van der Waals surface area contributed by atoms with E-state index >= 15 is 0 Å². The van der Waals surface area contributed by atoms with Crippen molar-refractivity contribution in [1.29, 1.82) is 0 Å². The molecule has 3 heterocycles. The average Bonchev–Trinajstić information content (AvgIpc) is 3.35. The molecule has 9 heteroatoms. The smallest absolute Gasteiger partial charge is 0.200 e. The summed E-state index contributed by atoms with van der Waals surface area (Å²) in [7, 11) is 0. The molecule has 7 nitrogen and oxygen atoms in total. The van der Waals surface area contributed by atoms with Crippen molar-refractivity contribution < 1.29 is 0 Å². The number of nitrogens with one attached hydrogen (secondary N) is 1. The van der Waals surface area contributed by atoms with Crippen LogP contribution in [0.2, 0.25) is 0 Å². The molecule has 0 saturated carbocycles. The molecule has 1 atom stereocenters. The van der Waals surface area contributed by atoms with Gasteiger partial charge in [-0.05, 0) is 54.5 Å². The molecule has 0 saturated heterocycles. The zero-order valence-electron chi connectivity index (χ0n) is 17.4. The van der Waals surface area contributed by atoms with Crippen molar-refractivity contribution in [2.45, 2.75) is 46.7 Å². The second-order valence-corrected chi connectivity index (χ2v) is 8.97. The minimum atomic E-state index is 0.101. The third-order valence-electron chi connectivity index (χ3n) is 5.22. The molecular formula is C21H24BrN7S. The largest absolute Gasteiger partial charge is 0.271 e. The summed E-state index contributed by atoms with van der Waals surface area (Å²) in [6.45, 7) is 9.72. The second kappa shape index (κ2) is 8.31. The highest BCUT2D eigenvalue weighted by molar-refractivity contribution is 9.10. The summed E-state index contributed by atoms with van der Waals surface area (Å²) in [6.07, 6.45) is 3.74. The molecule has 0 aliphatic heterocycles. The summed E-state index contributed by atoms with van der Waals surface area (Å²) < 4.78 is 7.47. The molecule has 0 amide bonds. The quantitative estimate of drug-likeness (QED) is 0.395. The molecule has 4 aromatic rings. The van der Waals surface area contributed by atoms with Crippen molar-refractivity contribution >= 4 is 28.1 Å². The van der Waals surface area contributed by atoms with Crippen LogP contribution in [0, 0.1) is 25.5 Å². The van der Waals surface area contributed by atoms with Gasteiger partial charge < -0.3 is 0 Å². The van der Waals surface area contributed by atoms with Crippen LogP contribution in [0.5, 0.6) is 0 Å². The third kappa shape index (κ3) is 4.04. The number of rotatable bonds is 6. The molecule has 0 aliphatic carbocycles. The van der Waals surface area contributed by atoms with Crippen LogP contribution in [-0.2, 0) is 13.1 Å². The maximum absolute atomic E-state index is 5.59. The molecule has 1 aromatic carbocycles. The number of aryl methyl sites for hydroxylation is 2. The van der Waals surface area contributed by atoms with E-state index in [4.69, 9.17) is 17.3 Å². The molecule has 156 valence electrons. The fourth-order valence-electron chi connectivity index (χ4n) is 3.69. The maximum atomic E-state index is 5.59. The number of benzene rings is 1. The van der Waals surface area contributed by atoms with Crippen LogP contribution in [0.3, 0.4) is 0 Å². The first-order valence-electron chi connectivity index (χ1n) is 9.78. The lowest BCUT2D eigenvalue weighted by atomic mass is 10.1. The van der Waals surface area contributed by atoms with Gasteiger partial charge in [0.1, 0.15) is 5.82 Å². The molecule has 4 rings (SSSR count). The Labute approximate surface area is 188 Å². The monoisotopic (exact) mass is 485 g/mol. The number of hydrogen-bond acceptors (Lipinski definition) is 4. The zero-order chi connectivity index (χ0) is 21.4. The topological polar surface area (TPSA) is 69.2 Å². The van der Waals surface area contributed by atoms with Gasteiger partial charge in [-0.25, -0.2) is 0 Å². The molecule has 30 heavy (non-hydrogen) atoms. The van der Waals surface area contributed by atoms with E-state index in [9.17, 15) is 0 Å². The lowest BCUT2D eigenvalue weighted by Crippen LogP contribution is -2.13. The summed E-state index contributed by atoms with van der Waals surface area (Å²) in [6, 6.07) is 8.54. The van der Waals surface area contributed by atoms with Gasteiger partial charge in [0.15, 0.2) is 4.77 Å². The van der Waals surface area contributed by atoms with Gasteiger partial charge in [-0.1, -0.05) is 36.8 Å². The molecule has 0 bridgehead atoms. The zero-order valence-corrected chi connectivity index (χ0v) is 19.8. The van der Waals surface area contributed by atoms with Gasteiger partial charge in [0.05, 0.1) is 40.8 Å². The van der Waals surface area contributed by atoms with Crippen LogP contribution >= 0.6 is 28.1 Å². The fourth-order valence-corrected chi connectivity index (χ4v) is 4.25. The first-order chi connectivity index (χ1) is 14.3. The van der Waals surface area contributed by atoms with Crippen LogP contribution < -0.4 is 0 Å². The Morgan fingerprint density at radius 2 is 1.90 bits per heavy atom. The Morgan fingerprint density at radius 1 is 1.17 bits per heavy atom. The van der Waals surface area contributed by atoms with E-state index in [1.54, 1.807) is 6.20 Å². The number of hydrogen-bond donors (Lipinski definition) is 1. The van der Waals surface area contributed by atoms with Crippen molar-refractivity contribution in [1.82, 2.24) is 34.3 Å². The van der Waals surface area contributed by atoms with E-state index < -0.39 is 0 Å². The summed E-state index contributed by atoms with van der Waals surface area (Å²) in [5, 5.41) is 16.7. The molecule has 0 unspecified atom stereocenters. The van der Waals surface area contributed by atoms with Crippen LogP contribution in [0.1, 0.15) is 41.2 Å². The first-order valence-corrected chi connectivity index (χ1v) is 11.0. The van der Waals surface area contributed by atoms with Gasteiger partial charge in [0.25, 0.3) is 0 Å². The Morgan fingerprint density at radius 3 is 2.57 bits per heavy atom. The Bertz CT molecular complexity index is 1230. The van der Waals surface area contributed by atoms with Gasteiger partial charge >= 0.3 is 0 Å². The second-order valence-electron chi connectivity index (χ2n) is 7.67. The number of halogens is 1. The van der Waals surface area contributed by atoms with Gasteiger partial charge in [0, 0.05) is 12.1 Å². The van der Waals surface area contributed by atoms with Crippen LogP contribution in [0.4, 0.5) is 0 Å². The van der Waals surface area contributed by atoms with Gasteiger partial charge in [-0.2, -0.15) is 15.3 Å². The Kier molecular flexibility index (Phi) is 5.75. The van der Waals surface area contributed by atoms with E-state index in [0.717, 1.165) is 27.4 Å². The van der Waals surface area contributed by atoms with Crippen molar-refractivity contribution in [3.05, 3.63) is 74.2 Å². The van der Waals surface area contributed by atoms with E-state index in [-0.39, 0.29) is 5.92 Å². The number of aromatic nitrogens is 7. The SMILES string of the molecule is Cc1ccc(Cn2nc(C)c(-n3c([C@@H](C)Cn4cc(Br)cn4)n[nH]c3=S)c2C)cc1. The van der Waals surface area contributed by atoms with Gasteiger partial charge in [-0.3, -0.25) is 19.0 Å². The van der Waals surface area contributed by atoms with Crippen LogP contribution in [0.25, 0.3) is 5.69 Å². The lowest BCUT2D eigenvalue weighted by Gasteiger charge is -2.14. The standard InChI is InChI=1S/C21H24BrN7S/c1-13-5-7-17(8-6-13)11-28-16(4)19(15(3)26-28)29-20(24-25-21(29)30)14(2)10-27-12-18(22)9-23-27/h5-9,12,14H,10-11H2,1-4H3,(H,25,30)/t14-/m0/s1. The summed E-state index contributed by atoms with van der Waals surface area (Å²) in [5.74, 6) is 0.969. The summed E-state index contributed by atoms with van der Waals surface area (Å²) >= 11 is 9.04. The highest BCUT2D eigenvalue weighted by atomic mass is 79.9. The van der Waals surface area contributed by atoms with E-state index in [0.29, 0.717) is 17.9 Å². The molecule has 0 aliphatic rings. The van der Waals surface area contributed by atoms with E-state index in [1.165, 1.54) is 11.1 Å².